The number of nitrogens with zero attached hydrogens (tertiary/aromatic N) is 1. The second-order valence-electron chi connectivity index (χ2n) is 12.6. The minimum absolute atomic E-state index is 0.0784. The standard InChI is InChI=1S/C25H37N3O3.C6H5BrO3S/c1-25(2,3)27-23(29)21-14-18-11-7-8-12-19(18)15-28(21)16-22-20(26-24(30)31-22)13-17-9-5-4-6-10-17;7-5-1-3-6(4-2-5)11(8,9)10/h4-6,9-10,18-22H,7-8,11-16H2,1-3H3,(H,26,30)(H,27,29);1-4H,(H,8,9,10)/t18-,19+,20-,21-,22+;/m0./s1. The molecule has 2 heterocycles. The molecule has 11 heteroatoms. The van der Waals surface area contributed by atoms with Gasteiger partial charge in [-0.2, -0.15) is 8.42 Å². The first-order valence-electron chi connectivity index (χ1n) is 14.6. The Morgan fingerprint density at radius 1 is 1.07 bits per heavy atom. The molecular formula is C31H42BrN3O6S. The van der Waals surface area contributed by atoms with Crippen molar-refractivity contribution in [2.24, 2.45) is 11.8 Å². The van der Waals surface area contributed by atoms with Gasteiger partial charge in [0.05, 0.1) is 17.0 Å². The van der Waals surface area contributed by atoms with Crippen LogP contribution in [0, 0.1) is 11.8 Å². The van der Waals surface area contributed by atoms with Gasteiger partial charge in [0.1, 0.15) is 6.10 Å². The summed E-state index contributed by atoms with van der Waals surface area (Å²) in [7, 11) is -4.04. The van der Waals surface area contributed by atoms with Crippen LogP contribution in [0.3, 0.4) is 0 Å². The molecule has 3 N–H and O–H groups in total. The number of ether oxygens (including phenoxy) is 1. The summed E-state index contributed by atoms with van der Waals surface area (Å²) < 4.78 is 36.0. The largest absolute Gasteiger partial charge is 0.443 e. The van der Waals surface area contributed by atoms with Gasteiger partial charge >= 0.3 is 6.09 Å². The highest BCUT2D eigenvalue weighted by Gasteiger charge is 2.44. The van der Waals surface area contributed by atoms with Crippen molar-refractivity contribution >= 4 is 38.0 Å². The van der Waals surface area contributed by atoms with Crippen molar-refractivity contribution < 1.29 is 27.3 Å². The molecular weight excluding hydrogens is 622 g/mol. The molecule has 0 spiro atoms. The molecule has 42 heavy (non-hydrogen) atoms. The van der Waals surface area contributed by atoms with Gasteiger partial charge in [-0.1, -0.05) is 65.5 Å². The molecule has 3 fully saturated rings. The van der Waals surface area contributed by atoms with Crippen molar-refractivity contribution in [3.63, 3.8) is 0 Å². The van der Waals surface area contributed by atoms with Gasteiger partial charge in [0.25, 0.3) is 10.1 Å². The minimum Gasteiger partial charge on any atom is -0.443 e. The SMILES string of the molecule is CC(C)(C)NC(=O)[C@@H]1C[C@@H]2CCCC[C@@H]2CN1C[C@H]1OC(=O)N[C@H]1Cc1ccccc1.O=S(=O)(O)c1ccc(Br)cc1. The van der Waals surface area contributed by atoms with Crippen LogP contribution in [-0.4, -0.2) is 66.7 Å². The summed E-state index contributed by atoms with van der Waals surface area (Å²) in [5.74, 6) is 1.38. The maximum Gasteiger partial charge on any atom is 0.407 e. The zero-order valence-electron chi connectivity index (χ0n) is 24.5. The molecule has 0 bridgehead atoms. The Kier molecular flexibility index (Phi) is 10.7. The second kappa shape index (κ2) is 13.9. The van der Waals surface area contributed by atoms with Gasteiger partial charge in [0.2, 0.25) is 5.91 Å². The van der Waals surface area contributed by atoms with Crippen LogP contribution in [0.2, 0.25) is 0 Å². The number of likely N-dealkylation sites (tertiary alicyclic amines) is 1. The normalized spacial score (nSPS) is 26.2. The van der Waals surface area contributed by atoms with Crippen LogP contribution in [0.15, 0.2) is 64.0 Å². The Morgan fingerprint density at radius 2 is 1.71 bits per heavy atom. The molecule has 2 saturated heterocycles. The number of amides is 2. The lowest BCUT2D eigenvalue weighted by Crippen LogP contribution is -2.59. The summed E-state index contributed by atoms with van der Waals surface area (Å²) in [4.78, 5) is 27.5. The van der Waals surface area contributed by atoms with E-state index < -0.39 is 10.1 Å². The van der Waals surface area contributed by atoms with Crippen molar-refractivity contribution in [1.82, 2.24) is 15.5 Å². The van der Waals surface area contributed by atoms with Crippen molar-refractivity contribution in [3.8, 4) is 0 Å². The minimum atomic E-state index is -4.04. The molecule has 0 aromatic heterocycles. The van der Waals surface area contributed by atoms with Crippen LogP contribution in [-0.2, 0) is 26.1 Å². The molecule has 2 aromatic rings. The fraction of sp³-hybridized carbons (Fsp3) is 0.548. The van der Waals surface area contributed by atoms with E-state index >= 15 is 0 Å². The molecule has 0 unspecified atom stereocenters. The van der Waals surface area contributed by atoms with Gasteiger partial charge in [-0.25, -0.2) is 4.79 Å². The van der Waals surface area contributed by atoms with Crippen LogP contribution < -0.4 is 10.6 Å². The Morgan fingerprint density at radius 3 is 2.33 bits per heavy atom. The first-order valence-corrected chi connectivity index (χ1v) is 16.8. The third-order valence-corrected chi connectivity index (χ3v) is 9.53. The van der Waals surface area contributed by atoms with Crippen LogP contribution in [0.5, 0.6) is 0 Å². The summed E-state index contributed by atoms with van der Waals surface area (Å²) >= 11 is 3.14. The summed E-state index contributed by atoms with van der Waals surface area (Å²) in [5, 5.41) is 6.19. The lowest BCUT2D eigenvalue weighted by molar-refractivity contribution is -0.132. The maximum atomic E-state index is 13.2. The van der Waals surface area contributed by atoms with Crippen molar-refractivity contribution in [3.05, 3.63) is 64.6 Å². The predicted molar refractivity (Wildman–Crippen MR) is 165 cm³/mol. The van der Waals surface area contributed by atoms with Gasteiger partial charge in [0, 0.05) is 23.1 Å². The number of piperidine rings is 1. The highest BCUT2D eigenvalue weighted by atomic mass is 79.9. The van der Waals surface area contributed by atoms with E-state index in [4.69, 9.17) is 9.29 Å². The monoisotopic (exact) mass is 663 g/mol. The summed E-state index contributed by atoms with van der Waals surface area (Å²) in [6, 6.07) is 15.7. The van der Waals surface area contributed by atoms with Crippen molar-refractivity contribution in [2.45, 2.75) is 87.9 Å². The van der Waals surface area contributed by atoms with E-state index in [2.05, 4.69) is 43.6 Å². The van der Waals surface area contributed by atoms with E-state index in [1.54, 1.807) is 12.1 Å². The zero-order valence-corrected chi connectivity index (χ0v) is 26.9. The molecule has 2 aromatic carbocycles. The molecule has 0 radical (unpaired) electrons. The molecule has 3 aliphatic rings. The Balaban J connectivity index is 0.000000310. The van der Waals surface area contributed by atoms with E-state index in [9.17, 15) is 18.0 Å². The van der Waals surface area contributed by atoms with Crippen molar-refractivity contribution in [1.29, 1.82) is 0 Å². The van der Waals surface area contributed by atoms with Crippen LogP contribution in [0.4, 0.5) is 4.79 Å². The van der Waals surface area contributed by atoms with E-state index in [0.717, 1.165) is 23.9 Å². The number of carbonyl (C=O) groups is 2. The molecule has 9 nitrogen and oxygen atoms in total. The zero-order chi connectivity index (χ0) is 30.5. The Hall–Kier alpha value is -2.47. The number of nitrogens with one attached hydrogen (secondary N) is 2. The quantitative estimate of drug-likeness (QED) is 0.363. The third kappa shape index (κ3) is 9.26. The molecule has 230 valence electrons. The molecule has 1 aliphatic carbocycles. The smallest absolute Gasteiger partial charge is 0.407 e. The molecule has 5 atom stereocenters. The first-order chi connectivity index (χ1) is 19.8. The molecule has 2 aliphatic heterocycles. The number of cyclic esters (lactones) is 1. The van der Waals surface area contributed by atoms with Gasteiger partial charge in [-0.05, 0) is 81.7 Å². The number of rotatable bonds is 6. The fourth-order valence-electron chi connectivity index (χ4n) is 6.18. The Labute approximate surface area is 257 Å². The highest BCUT2D eigenvalue weighted by molar-refractivity contribution is 9.10. The summed E-state index contributed by atoms with van der Waals surface area (Å²) in [6.45, 7) is 7.60. The van der Waals surface area contributed by atoms with Crippen LogP contribution in [0.25, 0.3) is 0 Å². The lowest BCUT2D eigenvalue weighted by Gasteiger charge is -2.46. The van der Waals surface area contributed by atoms with Crippen LogP contribution >= 0.6 is 15.9 Å². The number of alkyl carbamates (subject to hydrolysis) is 1. The van der Waals surface area contributed by atoms with E-state index in [1.807, 2.05) is 39.0 Å². The topological polar surface area (TPSA) is 125 Å². The van der Waals surface area contributed by atoms with Crippen molar-refractivity contribution in [2.75, 3.05) is 13.1 Å². The second-order valence-corrected chi connectivity index (χ2v) is 14.9. The number of hydrogen-bond acceptors (Lipinski definition) is 6. The first kappa shape index (κ1) is 32.4. The Bertz CT molecular complexity index is 1320. The van der Waals surface area contributed by atoms with Gasteiger partial charge in [0.15, 0.2) is 0 Å². The number of carbonyl (C=O) groups excluding carboxylic acids is 2. The van der Waals surface area contributed by atoms with E-state index in [0.29, 0.717) is 18.4 Å². The number of halogens is 1. The van der Waals surface area contributed by atoms with Gasteiger partial charge < -0.3 is 15.4 Å². The number of fused-ring (bicyclic) bond motifs is 1. The fourth-order valence-corrected chi connectivity index (χ4v) is 6.92. The third-order valence-electron chi connectivity index (χ3n) is 8.14. The van der Waals surface area contributed by atoms with Gasteiger partial charge in [-0.15, -0.1) is 0 Å². The predicted octanol–water partition coefficient (Wildman–Crippen LogP) is 5.20. The van der Waals surface area contributed by atoms with E-state index in [1.165, 1.54) is 43.4 Å². The summed E-state index contributed by atoms with van der Waals surface area (Å²) in [6.07, 6.45) is 6.06. The number of benzene rings is 2. The lowest BCUT2D eigenvalue weighted by atomic mass is 9.72. The average molecular weight is 665 g/mol. The average Bonchev–Trinajstić information content (AvgIpc) is 3.26. The molecule has 2 amide bonds. The van der Waals surface area contributed by atoms with Crippen LogP contribution in [0.1, 0.15) is 58.4 Å². The van der Waals surface area contributed by atoms with E-state index in [-0.39, 0.29) is 40.6 Å². The summed E-state index contributed by atoms with van der Waals surface area (Å²) in [5.41, 5.74) is 0.917. The van der Waals surface area contributed by atoms with Gasteiger partial charge in [-0.3, -0.25) is 14.2 Å². The molecule has 1 saturated carbocycles. The molecule has 5 rings (SSSR count). The number of hydrogen-bond donors (Lipinski definition) is 3. The highest BCUT2D eigenvalue weighted by Crippen LogP contribution is 2.39. The maximum absolute atomic E-state index is 13.2.